The van der Waals surface area contributed by atoms with Gasteiger partial charge in [-0.3, -0.25) is 14.9 Å². The third kappa shape index (κ3) is 0.465. The van der Waals surface area contributed by atoms with Crippen LogP contribution in [-0.2, 0) is 9.59 Å². The first kappa shape index (κ1) is 4.97. The smallest absolute Gasteiger partial charge is 0.230 e. The Balaban J connectivity index is 2.26. The minimum atomic E-state index is -0.0590. The van der Waals surface area contributed by atoms with Crippen LogP contribution < -0.4 is 5.32 Å². The molecule has 1 aliphatic heterocycles. The average Bonchev–Trinajstić information content (AvgIpc) is 1.73. The Morgan fingerprint density at radius 1 is 1.11 bits per heavy atom. The molecule has 3 nitrogen and oxygen atoms in total. The minimum absolute atomic E-state index is 0.0394. The van der Waals surface area contributed by atoms with Gasteiger partial charge < -0.3 is 0 Å². The third-order valence-corrected chi connectivity index (χ3v) is 2.19. The van der Waals surface area contributed by atoms with Gasteiger partial charge in [0.1, 0.15) is 0 Å². The second kappa shape index (κ2) is 1.35. The van der Waals surface area contributed by atoms with Crippen LogP contribution in [-0.4, -0.2) is 11.8 Å². The molecule has 0 aromatic carbocycles. The maximum absolute atomic E-state index is 10.7. The van der Waals surface area contributed by atoms with Gasteiger partial charge in [0.05, 0.1) is 0 Å². The van der Waals surface area contributed by atoms with Crippen LogP contribution in [0.2, 0.25) is 0 Å². The monoisotopic (exact) mass is 125 g/mol. The molecule has 1 aliphatic carbocycles. The number of hydrogen-bond donors (Lipinski definition) is 1. The van der Waals surface area contributed by atoms with Crippen molar-refractivity contribution in [3.8, 4) is 0 Å². The highest BCUT2D eigenvalue weighted by atomic mass is 16.2. The fourth-order valence-corrected chi connectivity index (χ4v) is 1.43. The molecule has 2 amide bonds. The van der Waals surface area contributed by atoms with Crippen molar-refractivity contribution in [1.29, 1.82) is 0 Å². The van der Waals surface area contributed by atoms with Crippen LogP contribution in [0.25, 0.3) is 0 Å². The van der Waals surface area contributed by atoms with E-state index in [1.165, 1.54) is 0 Å². The predicted molar refractivity (Wildman–Crippen MR) is 29.4 cm³/mol. The van der Waals surface area contributed by atoms with E-state index in [-0.39, 0.29) is 23.7 Å². The van der Waals surface area contributed by atoms with Crippen molar-refractivity contribution >= 4 is 11.8 Å². The molecule has 3 heteroatoms. The average molecular weight is 125 g/mol. The van der Waals surface area contributed by atoms with E-state index in [9.17, 15) is 9.59 Å². The van der Waals surface area contributed by atoms with E-state index >= 15 is 0 Å². The van der Waals surface area contributed by atoms with Crippen molar-refractivity contribution in [2.24, 2.45) is 11.8 Å². The van der Waals surface area contributed by atoms with E-state index in [2.05, 4.69) is 5.32 Å². The molecule has 2 aliphatic rings. The first-order valence-corrected chi connectivity index (χ1v) is 3.14. The summed E-state index contributed by atoms with van der Waals surface area (Å²) in [5.41, 5.74) is 0. The van der Waals surface area contributed by atoms with Crippen molar-refractivity contribution < 1.29 is 9.59 Å². The number of rotatable bonds is 0. The lowest BCUT2D eigenvalue weighted by Crippen LogP contribution is -2.27. The topological polar surface area (TPSA) is 46.2 Å². The Kier molecular flexibility index (Phi) is 0.743. The van der Waals surface area contributed by atoms with E-state index in [1.807, 2.05) is 0 Å². The zero-order valence-corrected chi connectivity index (χ0v) is 4.89. The van der Waals surface area contributed by atoms with Gasteiger partial charge in [0.25, 0.3) is 0 Å². The Morgan fingerprint density at radius 3 is 1.78 bits per heavy atom. The number of hydrogen-bond acceptors (Lipinski definition) is 2. The van der Waals surface area contributed by atoms with Gasteiger partial charge >= 0.3 is 0 Å². The van der Waals surface area contributed by atoms with Crippen LogP contribution in [0.15, 0.2) is 0 Å². The van der Waals surface area contributed by atoms with Crippen LogP contribution in [0, 0.1) is 11.8 Å². The number of fused-ring (bicyclic) bond motifs is 1. The van der Waals surface area contributed by atoms with Gasteiger partial charge in [-0.1, -0.05) is 0 Å². The quantitative estimate of drug-likeness (QED) is 0.450. The zero-order chi connectivity index (χ0) is 6.43. The number of nitrogens with one attached hydrogen (secondary N) is 1. The molecule has 2 atom stereocenters. The van der Waals surface area contributed by atoms with E-state index in [4.69, 9.17) is 0 Å². The van der Waals surface area contributed by atoms with E-state index < -0.39 is 0 Å². The second-order valence-corrected chi connectivity index (χ2v) is 2.64. The molecule has 48 valence electrons. The van der Waals surface area contributed by atoms with Crippen LogP contribution >= 0.6 is 0 Å². The largest absolute Gasteiger partial charge is 0.296 e. The maximum Gasteiger partial charge on any atom is 0.230 e. The summed E-state index contributed by atoms with van der Waals surface area (Å²) < 4.78 is 0. The third-order valence-electron chi connectivity index (χ3n) is 2.19. The highest BCUT2D eigenvalue weighted by molar-refractivity contribution is 6.06. The lowest BCUT2D eigenvalue weighted by atomic mass is 9.76. The van der Waals surface area contributed by atoms with Gasteiger partial charge in [0, 0.05) is 11.8 Å². The maximum atomic E-state index is 10.7. The highest BCUT2D eigenvalue weighted by Crippen LogP contribution is 2.37. The normalized spacial score (nSPS) is 39.6. The van der Waals surface area contributed by atoms with E-state index in [0.717, 1.165) is 12.8 Å². The molecule has 1 N–H and O–H groups in total. The van der Waals surface area contributed by atoms with Gasteiger partial charge in [0.15, 0.2) is 0 Å². The number of amides is 2. The second-order valence-electron chi connectivity index (χ2n) is 2.64. The Morgan fingerprint density at radius 2 is 1.56 bits per heavy atom. The Labute approximate surface area is 52.4 Å². The SMILES string of the molecule is O=C1NC(=O)[C@@H]2CC[C@H]12. The fraction of sp³-hybridized carbons (Fsp3) is 0.667. The van der Waals surface area contributed by atoms with Crippen molar-refractivity contribution in [2.75, 3.05) is 0 Å². The number of carbonyl (C=O) groups is 2. The number of imide groups is 1. The summed E-state index contributed by atoms with van der Waals surface area (Å²) in [7, 11) is 0. The summed E-state index contributed by atoms with van der Waals surface area (Å²) in [6, 6.07) is 0. The van der Waals surface area contributed by atoms with Crippen molar-refractivity contribution in [3.05, 3.63) is 0 Å². The first-order valence-electron chi connectivity index (χ1n) is 3.14. The predicted octanol–water partition coefficient (Wildman–Crippen LogP) is -0.331. The van der Waals surface area contributed by atoms with Crippen LogP contribution in [0.5, 0.6) is 0 Å². The van der Waals surface area contributed by atoms with Gasteiger partial charge in [-0.2, -0.15) is 0 Å². The molecule has 0 bridgehead atoms. The van der Waals surface area contributed by atoms with E-state index in [1.54, 1.807) is 0 Å². The van der Waals surface area contributed by atoms with E-state index in [0.29, 0.717) is 0 Å². The number of carbonyl (C=O) groups excluding carboxylic acids is 2. The summed E-state index contributed by atoms with van der Waals surface area (Å²) in [5.74, 6) is -0.0394. The summed E-state index contributed by atoms with van der Waals surface area (Å²) in [4.78, 5) is 21.4. The van der Waals surface area contributed by atoms with Crippen molar-refractivity contribution in [3.63, 3.8) is 0 Å². The summed E-state index contributed by atoms with van der Waals surface area (Å²) in [5, 5.41) is 2.30. The van der Waals surface area contributed by atoms with Gasteiger partial charge in [-0.25, -0.2) is 0 Å². The molecule has 1 heterocycles. The van der Waals surface area contributed by atoms with Crippen LogP contribution in [0.4, 0.5) is 0 Å². The summed E-state index contributed by atoms with van der Waals surface area (Å²) in [6.07, 6.45) is 1.81. The molecule has 2 fully saturated rings. The molecule has 0 unspecified atom stereocenters. The summed E-state index contributed by atoms with van der Waals surface area (Å²) >= 11 is 0. The molecule has 1 saturated carbocycles. The Hall–Kier alpha value is -0.860. The van der Waals surface area contributed by atoms with Gasteiger partial charge in [0.2, 0.25) is 11.8 Å². The molecular weight excluding hydrogens is 118 g/mol. The molecule has 0 radical (unpaired) electrons. The molecule has 9 heavy (non-hydrogen) atoms. The van der Waals surface area contributed by atoms with Crippen molar-refractivity contribution in [1.82, 2.24) is 5.32 Å². The Bertz CT molecular complexity index is 167. The molecule has 1 saturated heterocycles. The highest BCUT2D eigenvalue weighted by Gasteiger charge is 2.47. The molecule has 0 spiro atoms. The standard InChI is InChI=1S/C6H7NO2/c8-5-3-1-2-4(3)6(9)7-5/h3-4H,1-2H2,(H,7,8,9)/t3-,4+. The van der Waals surface area contributed by atoms with Crippen LogP contribution in [0.1, 0.15) is 12.8 Å². The molecular formula is C6H7NO2. The zero-order valence-electron chi connectivity index (χ0n) is 4.89. The fourth-order valence-electron chi connectivity index (χ4n) is 1.43. The molecule has 0 aromatic heterocycles. The molecule has 0 aromatic rings. The van der Waals surface area contributed by atoms with Crippen LogP contribution in [0.3, 0.4) is 0 Å². The minimum Gasteiger partial charge on any atom is -0.296 e. The lowest BCUT2D eigenvalue weighted by Gasteiger charge is -2.24. The first-order chi connectivity index (χ1) is 4.29. The summed E-state index contributed by atoms with van der Waals surface area (Å²) in [6.45, 7) is 0. The molecule has 2 rings (SSSR count). The van der Waals surface area contributed by atoms with Crippen molar-refractivity contribution in [2.45, 2.75) is 12.8 Å². The van der Waals surface area contributed by atoms with Gasteiger partial charge in [-0.15, -0.1) is 0 Å². The lowest BCUT2D eigenvalue weighted by molar-refractivity contribution is -0.125. The van der Waals surface area contributed by atoms with Gasteiger partial charge in [-0.05, 0) is 12.8 Å².